The summed E-state index contributed by atoms with van der Waals surface area (Å²) in [6.45, 7) is 0. The fraction of sp³-hybridized carbons (Fsp3) is 0.273. The van der Waals surface area contributed by atoms with Crippen LogP contribution in [0.25, 0.3) is 0 Å². The van der Waals surface area contributed by atoms with Crippen LogP contribution >= 0.6 is 12.2 Å². The molecule has 2 amide bonds. The Hall–Kier alpha value is -3.72. The maximum atomic E-state index is 14.7. The second kappa shape index (κ2) is 8.25. The van der Waals surface area contributed by atoms with Gasteiger partial charge in [0, 0.05) is 18.8 Å². The molecule has 0 unspecified atom stereocenters. The van der Waals surface area contributed by atoms with E-state index in [0.29, 0.717) is 19.3 Å². The second-order valence-electron chi connectivity index (χ2n) is 7.73. The van der Waals surface area contributed by atoms with Crippen molar-refractivity contribution in [2.75, 3.05) is 16.8 Å². The van der Waals surface area contributed by atoms with E-state index in [1.807, 2.05) is 0 Å². The van der Waals surface area contributed by atoms with E-state index in [-0.39, 0.29) is 27.6 Å². The molecule has 1 heterocycles. The number of amides is 2. The van der Waals surface area contributed by atoms with Gasteiger partial charge in [-0.1, -0.05) is 0 Å². The van der Waals surface area contributed by atoms with E-state index in [2.05, 4.69) is 10.1 Å². The van der Waals surface area contributed by atoms with Gasteiger partial charge in [-0.3, -0.25) is 14.5 Å². The molecule has 1 aliphatic carbocycles. The summed E-state index contributed by atoms with van der Waals surface area (Å²) >= 11 is 5.49. The quantitative estimate of drug-likeness (QED) is 0.513. The fourth-order valence-electron chi connectivity index (χ4n) is 4.13. The van der Waals surface area contributed by atoms with Gasteiger partial charge >= 0.3 is 6.36 Å². The summed E-state index contributed by atoms with van der Waals surface area (Å²) in [5, 5.41) is 11.2. The van der Waals surface area contributed by atoms with E-state index < -0.39 is 35.3 Å². The first-order valence-electron chi connectivity index (χ1n) is 10.0. The van der Waals surface area contributed by atoms with Crippen molar-refractivity contribution in [2.24, 2.45) is 0 Å². The molecule has 7 nitrogen and oxygen atoms in total. The molecule has 1 aliphatic heterocycles. The summed E-state index contributed by atoms with van der Waals surface area (Å²) in [4.78, 5) is 27.7. The lowest BCUT2D eigenvalue weighted by Gasteiger charge is -2.43. The van der Waals surface area contributed by atoms with E-state index in [4.69, 9.17) is 17.5 Å². The summed E-state index contributed by atoms with van der Waals surface area (Å²) < 4.78 is 58.0. The molecule has 1 saturated heterocycles. The molecule has 1 saturated carbocycles. The van der Waals surface area contributed by atoms with Crippen molar-refractivity contribution in [3.8, 4) is 11.8 Å². The zero-order valence-electron chi connectivity index (χ0n) is 17.6. The van der Waals surface area contributed by atoms with Gasteiger partial charge in [0.1, 0.15) is 11.4 Å². The van der Waals surface area contributed by atoms with Crippen LogP contribution in [-0.2, 0) is 4.79 Å². The van der Waals surface area contributed by atoms with Crippen LogP contribution < -0.4 is 19.9 Å². The highest BCUT2D eigenvalue weighted by molar-refractivity contribution is 7.81. The second-order valence-corrected chi connectivity index (χ2v) is 8.09. The van der Waals surface area contributed by atoms with Crippen LogP contribution in [0.3, 0.4) is 0 Å². The van der Waals surface area contributed by atoms with Crippen molar-refractivity contribution in [1.29, 1.82) is 5.26 Å². The minimum Gasteiger partial charge on any atom is -0.403 e. The first-order valence-corrected chi connectivity index (χ1v) is 10.4. The highest BCUT2D eigenvalue weighted by Crippen LogP contribution is 2.49. The molecule has 1 N–H and O–H groups in total. The van der Waals surface area contributed by atoms with Crippen molar-refractivity contribution in [1.82, 2.24) is 5.32 Å². The largest absolute Gasteiger partial charge is 0.573 e. The summed E-state index contributed by atoms with van der Waals surface area (Å²) in [5.41, 5.74) is -1.64. The van der Waals surface area contributed by atoms with Crippen LogP contribution in [0.15, 0.2) is 36.4 Å². The smallest absolute Gasteiger partial charge is 0.403 e. The Balaban J connectivity index is 1.81. The standard InChI is InChI=1S/C22H16F4N4O3S/c1-28-18(31)14-5-4-13(10-15(14)23)30-20(34)29(19(32)21(30)7-2-8-21)16-6-3-12(11-27)9-17(16)33-22(24,25)26/h3-6,9-10H,2,7-8H2,1H3,(H,28,31). The summed E-state index contributed by atoms with van der Waals surface area (Å²) in [7, 11) is 1.35. The average molecular weight is 492 g/mol. The molecule has 176 valence electrons. The Labute approximate surface area is 196 Å². The van der Waals surface area contributed by atoms with Gasteiger partial charge in [-0.2, -0.15) is 5.26 Å². The van der Waals surface area contributed by atoms with Crippen LogP contribution in [0.1, 0.15) is 35.2 Å². The van der Waals surface area contributed by atoms with E-state index >= 15 is 0 Å². The number of alkyl halides is 3. The Morgan fingerprint density at radius 2 is 1.94 bits per heavy atom. The van der Waals surface area contributed by atoms with Gasteiger partial charge in [-0.05, 0) is 61.8 Å². The van der Waals surface area contributed by atoms with Gasteiger partial charge in [-0.25, -0.2) is 4.39 Å². The predicted octanol–water partition coefficient (Wildman–Crippen LogP) is 4.02. The molecule has 0 bridgehead atoms. The topological polar surface area (TPSA) is 85.7 Å². The predicted molar refractivity (Wildman–Crippen MR) is 117 cm³/mol. The van der Waals surface area contributed by atoms with Gasteiger partial charge in [0.05, 0.1) is 22.9 Å². The fourth-order valence-corrected chi connectivity index (χ4v) is 4.59. The maximum absolute atomic E-state index is 14.7. The van der Waals surface area contributed by atoms with E-state index in [9.17, 15) is 27.2 Å². The first-order chi connectivity index (χ1) is 16.0. The van der Waals surface area contributed by atoms with E-state index in [1.165, 1.54) is 30.1 Å². The molecule has 2 fully saturated rings. The lowest BCUT2D eigenvalue weighted by molar-refractivity contribution is -0.274. The molecule has 2 aromatic rings. The number of hydrogen-bond donors (Lipinski definition) is 1. The van der Waals surface area contributed by atoms with Crippen LogP contribution in [0.5, 0.6) is 5.75 Å². The van der Waals surface area contributed by atoms with Crippen LogP contribution in [0.2, 0.25) is 0 Å². The molecule has 2 aromatic carbocycles. The molecule has 0 aromatic heterocycles. The Morgan fingerprint density at radius 3 is 2.47 bits per heavy atom. The molecule has 0 radical (unpaired) electrons. The number of nitriles is 1. The zero-order chi connectivity index (χ0) is 24.8. The molecule has 0 atom stereocenters. The Kier molecular flexibility index (Phi) is 5.69. The first kappa shape index (κ1) is 23.4. The lowest BCUT2D eigenvalue weighted by Crippen LogP contribution is -2.55. The van der Waals surface area contributed by atoms with E-state index in [1.54, 1.807) is 6.07 Å². The molecular formula is C22H16F4N4O3S. The Morgan fingerprint density at radius 1 is 1.24 bits per heavy atom. The third kappa shape index (κ3) is 3.71. The van der Waals surface area contributed by atoms with Crippen molar-refractivity contribution in [3.63, 3.8) is 0 Å². The third-order valence-corrected chi connectivity index (χ3v) is 6.20. The number of carbonyl (C=O) groups excluding carboxylic acids is 2. The molecular weight excluding hydrogens is 476 g/mol. The number of anilines is 2. The van der Waals surface area contributed by atoms with Crippen molar-refractivity contribution in [3.05, 3.63) is 53.3 Å². The molecule has 34 heavy (non-hydrogen) atoms. The SMILES string of the molecule is CNC(=O)c1ccc(N2C(=S)N(c3ccc(C#N)cc3OC(F)(F)F)C(=O)C23CCC3)cc1F. The number of rotatable bonds is 4. The highest BCUT2D eigenvalue weighted by Gasteiger charge is 2.60. The van der Waals surface area contributed by atoms with E-state index in [0.717, 1.165) is 23.1 Å². The van der Waals surface area contributed by atoms with Gasteiger partial charge < -0.3 is 15.0 Å². The summed E-state index contributed by atoms with van der Waals surface area (Å²) in [5.74, 6) is -2.84. The minimum atomic E-state index is -5.08. The van der Waals surface area contributed by atoms with Crippen LogP contribution in [-0.4, -0.2) is 35.9 Å². The maximum Gasteiger partial charge on any atom is 0.573 e. The van der Waals surface area contributed by atoms with Gasteiger partial charge in [0.15, 0.2) is 10.9 Å². The summed E-state index contributed by atoms with van der Waals surface area (Å²) in [6.07, 6.45) is -3.75. The van der Waals surface area contributed by atoms with Gasteiger partial charge in [0.2, 0.25) is 0 Å². The van der Waals surface area contributed by atoms with Gasteiger partial charge in [0.25, 0.3) is 11.8 Å². The lowest BCUT2D eigenvalue weighted by atomic mass is 9.75. The minimum absolute atomic E-state index is 0.109. The number of nitrogens with zero attached hydrogens (tertiary/aromatic N) is 3. The summed E-state index contributed by atoms with van der Waals surface area (Å²) in [6, 6.07) is 8.69. The molecule has 1 spiro atoms. The number of benzene rings is 2. The number of thiocarbonyl (C=S) groups is 1. The Bertz CT molecular complexity index is 1250. The highest BCUT2D eigenvalue weighted by atomic mass is 32.1. The average Bonchev–Trinajstić information content (AvgIpc) is 2.98. The van der Waals surface area contributed by atoms with Gasteiger partial charge in [-0.15, -0.1) is 13.2 Å². The van der Waals surface area contributed by atoms with Crippen molar-refractivity contribution >= 4 is 40.5 Å². The molecule has 2 aliphatic rings. The number of hydrogen-bond acceptors (Lipinski definition) is 5. The normalized spacial score (nSPS) is 16.9. The monoisotopic (exact) mass is 492 g/mol. The molecule has 12 heteroatoms. The zero-order valence-corrected chi connectivity index (χ0v) is 18.4. The van der Waals surface area contributed by atoms with Crippen molar-refractivity contribution < 1.29 is 31.9 Å². The third-order valence-electron chi connectivity index (χ3n) is 5.83. The number of nitrogens with one attached hydrogen (secondary N) is 1. The van der Waals surface area contributed by atoms with Crippen LogP contribution in [0, 0.1) is 17.1 Å². The molecule has 4 rings (SSSR count). The van der Waals surface area contributed by atoms with Crippen molar-refractivity contribution in [2.45, 2.75) is 31.2 Å². The number of ether oxygens (including phenoxy) is 1. The number of halogens is 4. The van der Waals surface area contributed by atoms with Crippen LogP contribution in [0.4, 0.5) is 28.9 Å². The number of carbonyl (C=O) groups is 2.